The van der Waals surface area contributed by atoms with E-state index in [0.29, 0.717) is 6.54 Å². The van der Waals surface area contributed by atoms with Crippen molar-refractivity contribution in [1.29, 1.82) is 0 Å². The fourth-order valence-electron chi connectivity index (χ4n) is 4.72. The lowest BCUT2D eigenvalue weighted by Crippen LogP contribution is -2.53. The second-order valence-electron chi connectivity index (χ2n) is 10.5. The normalized spacial score (nSPS) is 14.3. The second kappa shape index (κ2) is 15.9. The molecule has 1 aliphatic rings. The van der Waals surface area contributed by atoms with Crippen LogP contribution < -0.4 is 10.6 Å². The maximum absolute atomic E-state index is 12.7. The van der Waals surface area contributed by atoms with Crippen LogP contribution in [0.25, 0.3) is 0 Å². The highest BCUT2D eigenvalue weighted by Gasteiger charge is 2.28. The van der Waals surface area contributed by atoms with Crippen molar-refractivity contribution in [2.45, 2.75) is 90.5 Å². The number of aliphatic carboxylic acids is 1. The summed E-state index contributed by atoms with van der Waals surface area (Å²) in [7, 11) is 0. The third kappa shape index (κ3) is 12.0. The van der Waals surface area contributed by atoms with Gasteiger partial charge in [-0.2, -0.15) is 13.2 Å². The van der Waals surface area contributed by atoms with Crippen molar-refractivity contribution in [1.82, 2.24) is 20.1 Å². The van der Waals surface area contributed by atoms with Crippen LogP contribution in [0.3, 0.4) is 0 Å². The van der Waals surface area contributed by atoms with Gasteiger partial charge >= 0.3 is 18.2 Å². The van der Waals surface area contributed by atoms with Crippen LogP contribution in [-0.2, 0) is 22.4 Å². The molecule has 0 bridgehead atoms. The Morgan fingerprint density at radius 2 is 1.85 bits per heavy atom. The van der Waals surface area contributed by atoms with Crippen LogP contribution in [0.2, 0.25) is 0 Å². The van der Waals surface area contributed by atoms with Crippen LogP contribution in [0.4, 0.5) is 23.8 Å². The molecule has 9 nitrogen and oxygen atoms in total. The minimum Gasteiger partial charge on any atom is -0.480 e. The maximum atomic E-state index is 12.7. The van der Waals surface area contributed by atoms with Gasteiger partial charge in [-0.3, -0.25) is 0 Å². The number of carboxylic acid groups (broad SMARTS) is 1. The van der Waals surface area contributed by atoms with E-state index in [4.69, 9.17) is 9.72 Å². The zero-order valence-corrected chi connectivity index (χ0v) is 23.5. The number of hydrogen-bond donors (Lipinski definition) is 3. The highest BCUT2D eigenvalue weighted by Crippen LogP contribution is 2.20. The second-order valence-corrected chi connectivity index (χ2v) is 10.5. The van der Waals surface area contributed by atoms with E-state index in [9.17, 15) is 27.9 Å². The number of ether oxygens (including phenoxy) is 1. The fourth-order valence-corrected chi connectivity index (χ4v) is 4.72. The molecular weight excluding hydrogens is 515 g/mol. The van der Waals surface area contributed by atoms with E-state index >= 15 is 0 Å². The van der Waals surface area contributed by atoms with Crippen LogP contribution in [-0.4, -0.2) is 95.6 Å². The van der Waals surface area contributed by atoms with Gasteiger partial charge in [0.15, 0.2) is 0 Å². The lowest BCUT2D eigenvalue weighted by atomic mass is 10.1. The van der Waals surface area contributed by atoms with Gasteiger partial charge in [0.05, 0.1) is 6.61 Å². The number of carboxylic acids is 1. The van der Waals surface area contributed by atoms with Crippen molar-refractivity contribution in [3.63, 3.8) is 0 Å². The van der Waals surface area contributed by atoms with Gasteiger partial charge in [0, 0.05) is 37.4 Å². The Labute approximate surface area is 229 Å². The molecule has 2 rings (SSSR count). The summed E-state index contributed by atoms with van der Waals surface area (Å²) in [6.45, 7) is 7.95. The van der Waals surface area contributed by atoms with Gasteiger partial charge in [0.25, 0.3) is 0 Å². The number of nitrogens with zero attached hydrogens (tertiary/aromatic N) is 3. The molecule has 2 heterocycles. The summed E-state index contributed by atoms with van der Waals surface area (Å²) in [5.74, 6) is -0.214. The number of anilines is 1. The predicted octanol–water partition coefficient (Wildman–Crippen LogP) is 4.32. The Morgan fingerprint density at radius 1 is 1.13 bits per heavy atom. The standard InChI is InChI=1S/C27H44F3N5O4/c1-19(2)35(20(3)4)26(38)33-23(25(36)37)12-15-34(16-17-39-18-27(28,29)30)14-6-5-9-22-11-10-21-8-7-13-31-24(21)32-22/h10-11,19-20,23H,5-9,12-18H2,1-4H3,(H,31,32)(H,33,38)(H,36,37)/t23-/m1/s1. The number of fused-ring (bicyclic) bond motifs is 1. The monoisotopic (exact) mass is 559 g/mol. The molecule has 1 aliphatic heterocycles. The molecule has 3 N–H and O–H groups in total. The number of hydrogen-bond acceptors (Lipinski definition) is 6. The van der Waals surface area contributed by atoms with Crippen molar-refractivity contribution in [2.24, 2.45) is 0 Å². The number of alkyl halides is 3. The molecule has 0 spiro atoms. The average molecular weight is 560 g/mol. The molecule has 0 fully saturated rings. The number of nitrogens with one attached hydrogen (secondary N) is 2. The first kappa shape index (κ1) is 32.6. The Morgan fingerprint density at radius 3 is 2.49 bits per heavy atom. The molecule has 0 unspecified atom stereocenters. The molecule has 2 amide bonds. The number of aromatic nitrogens is 1. The zero-order valence-electron chi connectivity index (χ0n) is 23.5. The van der Waals surface area contributed by atoms with Crippen molar-refractivity contribution < 1.29 is 32.6 Å². The Balaban J connectivity index is 1.92. The predicted molar refractivity (Wildman–Crippen MR) is 144 cm³/mol. The van der Waals surface area contributed by atoms with Gasteiger partial charge in [-0.15, -0.1) is 0 Å². The number of pyridine rings is 1. The minimum atomic E-state index is -4.40. The number of carbonyl (C=O) groups is 2. The number of unbranched alkanes of at least 4 members (excludes halogenated alkanes) is 1. The summed E-state index contributed by atoms with van der Waals surface area (Å²) < 4.78 is 42.2. The molecule has 0 saturated carbocycles. The number of halogens is 3. The molecule has 0 radical (unpaired) electrons. The summed E-state index contributed by atoms with van der Waals surface area (Å²) in [6.07, 6.45) is 0.164. The maximum Gasteiger partial charge on any atom is 0.411 e. The van der Waals surface area contributed by atoms with Crippen molar-refractivity contribution >= 4 is 17.8 Å². The van der Waals surface area contributed by atoms with Crippen LogP contribution in [0, 0.1) is 0 Å². The topological polar surface area (TPSA) is 107 Å². The van der Waals surface area contributed by atoms with Crippen LogP contribution in [0.15, 0.2) is 12.1 Å². The van der Waals surface area contributed by atoms with Crippen molar-refractivity contribution in [3.05, 3.63) is 23.4 Å². The number of urea groups is 1. The fraction of sp³-hybridized carbons (Fsp3) is 0.741. The highest BCUT2D eigenvalue weighted by atomic mass is 19.4. The zero-order chi connectivity index (χ0) is 29.0. The third-order valence-corrected chi connectivity index (χ3v) is 6.60. The number of aryl methyl sites for hydroxylation is 2. The molecule has 12 heteroatoms. The summed E-state index contributed by atoms with van der Waals surface area (Å²) in [5.41, 5.74) is 2.21. The quantitative estimate of drug-likeness (QED) is 0.259. The van der Waals surface area contributed by atoms with E-state index in [1.54, 1.807) is 4.90 Å². The van der Waals surface area contributed by atoms with E-state index in [1.165, 1.54) is 5.56 Å². The lowest BCUT2D eigenvalue weighted by molar-refractivity contribution is -0.174. The lowest BCUT2D eigenvalue weighted by Gasteiger charge is -2.32. The largest absolute Gasteiger partial charge is 0.480 e. The van der Waals surface area contributed by atoms with Crippen LogP contribution >= 0.6 is 0 Å². The summed E-state index contributed by atoms with van der Waals surface area (Å²) in [4.78, 5) is 32.8. The first-order valence-corrected chi connectivity index (χ1v) is 13.8. The molecule has 1 aromatic rings. The van der Waals surface area contributed by atoms with E-state index in [-0.39, 0.29) is 38.2 Å². The van der Waals surface area contributed by atoms with Gasteiger partial charge in [-0.1, -0.05) is 6.07 Å². The van der Waals surface area contributed by atoms with Gasteiger partial charge < -0.3 is 30.3 Å². The summed E-state index contributed by atoms with van der Waals surface area (Å²) in [5, 5.41) is 15.6. The number of rotatable bonds is 16. The van der Waals surface area contributed by atoms with Gasteiger partial charge in [0.1, 0.15) is 18.5 Å². The first-order valence-electron chi connectivity index (χ1n) is 13.8. The van der Waals surface area contributed by atoms with Crippen LogP contribution in [0.1, 0.15) is 64.6 Å². The van der Waals surface area contributed by atoms with Gasteiger partial charge in [-0.05, 0) is 84.4 Å². The van der Waals surface area contributed by atoms with Crippen LogP contribution in [0.5, 0.6) is 0 Å². The molecular formula is C27H44F3N5O4. The molecule has 222 valence electrons. The molecule has 0 aromatic carbocycles. The summed E-state index contributed by atoms with van der Waals surface area (Å²) in [6, 6.07) is 2.34. The van der Waals surface area contributed by atoms with E-state index < -0.39 is 30.8 Å². The van der Waals surface area contributed by atoms with Crippen molar-refractivity contribution in [3.8, 4) is 0 Å². The van der Waals surface area contributed by atoms with E-state index in [2.05, 4.69) is 16.7 Å². The van der Waals surface area contributed by atoms with Crippen molar-refractivity contribution in [2.75, 3.05) is 44.7 Å². The number of carbonyl (C=O) groups excluding carboxylic acids is 1. The molecule has 1 aromatic heterocycles. The third-order valence-electron chi connectivity index (χ3n) is 6.60. The molecule has 0 saturated heterocycles. The van der Waals surface area contributed by atoms with E-state index in [0.717, 1.165) is 50.2 Å². The van der Waals surface area contributed by atoms with Gasteiger partial charge in [-0.25, -0.2) is 14.6 Å². The average Bonchev–Trinajstić information content (AvgIpc) is 2.84. The Bertz CT molecular complexity index is 906. The Hall–Kier alpha value is -2.60. The molecule has 1 atom stereocenters. The minimum absolute atomic E-state index is 0.109. The van der Waals surface area contributed by atoms with Gasteiger partial charge in [0.2, 0.25) is 0 Å². The first-order chi connectivity index (χ1) is 18.4. The van der Waals surface area contributed by atoms with E-state index in [1.807, 2.05) is 38.7 Å². The number of amides is 2. The SMILES string of the molecule is CC(C)N(C(=O)N[C@H](CCN(CCCCc1ccc2c(n1)NCCC2)CCOCC(F)(F)F)C(=O)O)C(C)C. The highest BCUT2D eigenvalue weighted by molar-refractivity contribution is 5.82. The smallest absolute Gasteiger partial charge is 0.411 e. The molecule has 39 heavy (non-hydrogen) atoms. The Kier molecular flexibility index (Phi) is 13.3. The summed E-state index contributed by atoms with van der Waals surface area (Å²) >= 11 is 0. The molecule has 0 aliphatic carbocycles.